The van der Waals surface area contributed by atoms with Crippen LogP contribution in [0.5, 0.6) is 0 Å². The van der Waals surface area contributed by atoms with Crippen LogP contribution in [0.2, 0.25) is 0 Å². The molecule has 0 spiro atoms. The number of ether oxygens (including phenoxy) is 1. The first-order valence-corrected chi connectivity index (χ1v) is 5.39. The van der Waals surface area contributed by atoms with Crippen molar-refractivity contribution in [1.82, 2.24) is 4.90 Å². The van der Waals surface area contributed by atoms with Crippen LogP contribution in [-0.4, -0.2) is 43.2 Å². The number of carbonyl (C=O) groups excluding carboxylic acids is 1. The standard InChI is InChI=1S/C10H18N2O2/c11-6-9-7-12(3-4-14-9)10(13)5-8-1-2-8/h8-9H,1-7,11H2. The quantitative estimate of drug-likeness (QED) is 0.693. The summed E-state index contributed by atoms with van der Waals surface area (Å²) in [6.45, 7) is 2.57. The molecular formula is C10H18N2O2. The van der Waals surface area contributed by atoms with Gasteiger partial charge < -0.3 is 15.4 Å². The van der Waals surface area contributed by atoms with Crippen molar-refractivity contribution >= 4 is 5.91 Å². The Morgan fingerprint density at radius 3 is 2.93 bits per heavy atom. The van der Waals surface area contributed by atoms with E-state index in [9.17, 15) is 4.79 Å². The van der Waals surface area contributed by atoms with Crippen LogP contribution < -0.4 is 5.73 Å². The molecule has 4 heteroatoms. The number of nitrogens with zero attached hydrogens (tertiary/aromatic N) is 1. The van der Waals surface area contributed by atoms with Crippen LogP contribution in [0.4, 0.5) is 0 Å². The molecule has 1 aliphatic heterocycles. The molecule has 1 saturated carbocycles. The van der Waals surface area contributed by atoms with Crippen LogP contribution in [0, 0.1) is 5.92 Å². The second kappa shape index (κ2) is 4.28. The summed E-state index contributed by atoms with van der Waals surface area (Å²) in [5.74, 6) is 0.955. The molecule has 1 amide bonds. The molecule has 4 nitrogen and oxygen atoms in total. The van der Waals surface area contributed by atoms with Crippen LogP contribution in [0.1, 0.15) is 19.3 Å². The van der Waals surface area contributed by atoms with Gasteiger partial charge in [0.2, 0.25) is 5.91 Å². The molecule has 14 heavy (non-hydrogen) atoms. The van der Waals surface area contributed by atoms with Crippen molar-refractivity contribution in [3.8, 4) is 0 Å². The van der Waals surface area contributed by atoms with Gasteiger partial charge in [0.05, 0.1) is 12.7 Å². The van der Waals surface area contributed by atoms with E-state index in [-0.39, 0.29) is 12.0 Å². The summed E-state index contributed by atoms with van der Waals surface area (Å²) in [6.07, 6.45) is 3.25. The molecule has 80 valence electrons. The summed E-state index contributed by atoms with van der Waals surface area (Å²) in [5, 5.41) is 0. The van der Waals surface area contributed by atoms with Crippen LogP contribution >= 0.6 is 0 Å². The summed E-state index contributed by atoms with van der Waals surface area (Å²) in [6, 6.07) is 0. The van der Waals surface area contributed by atoms with Gasteiger partial charge in [-0.05, 0) is 18.8 Å². The van der Waals surface area contributed by atoms with Gasteiger partial charge >= 0.3 is 0 Å². The highest BCUT2D eigenvalue weighted by Gasteiger charge is 2.29. The molecule has 0 radical (unpaired) electrons. The first-order valence-electron chi connectivity index (χ1n) is 5.39. The summed E-state index contributed by atoms with van der Waals surface area (Å²) in [4.78, 5) is 13.6. The fraction of sp³-hybridized carbons (Fsp3) is 0.900. The Hall–Kier alpha value is -0.610. The average molecular weight is 198 g/mol. The van der Waals surface area contributed by atoms with E-state index in [1.165, 1.54) is 12.8 Å². The predicted octanol–water partition coefficient (Wildman–Crippen LogP) is -0.0274. The van der Waals surface area contributed by atoms with E-state index in [1.54, 1.807) is 0 Å². The lowest BCUT2D eigenvalue weighted by Gasteiger charge is -2.32. The minimum Gasteiger partial charge on any atom is -0.373 e. The zero-order chi connectivity index (χ0) is 9.97. The van der Waals surface area contributed by atoms with Gasteiger partial charge in [-0.15, -0.1) is 0 Å². The molecule has 2 aliphatic rings. The predicted molar refractivity (Wildman–Crippen MR) is 52.7 cm³/mol. The lowest BCUT2D eigenvalue weighted by Crippen LogP contribution is -2.48. The van der Waals surface area contributed by atoms with Crippen molar-refractivity contribution in [2.24, 2.45) is 11.7 Å². The highest BCUT2D eigenvalue weighted by atomic mass is 16.5. The van der Waals surface area contributed by atoms with Crippen molar-refractivity contribution in [3.63, 3.8) is 0 Å². The van der Waals surface area contributed by atoms with Crippen LogP contribution in [0.25, 0.3) is 0 Å². The van der Waals surface area contributed by atoms with Gasteiger partial charge in [0.15, 0.2) is 0 Å². The van der Waals surface area contributed by atoms with Gasteiger partial charge in [0, 0.05) is 26.1 Å². The van der Waals surface area contributed by atoms with Crippen molar-refractivity contribution in [2.45, 2.75) is 25.4 Å². The molecule has 0 aromatic rings. The van der Waals surface area contributed by atoms with Crippen molar-refractivity contribution < 1.29 is 9.53 Å². The molecule has 1 atom stereocenters. The van der Waals surface area contributed by atoms with Crippen LogP contribution in [0.15, 0.2) is 0 Å². The maximum absolute atomic E-state index is 11.7. The number of amides is 1. The van der Waals surface area contributed by atoms with E-state index in [4.69, 9.17) is 10.5 Å². The average Bonchev–Trinajstić information content (AvgIpc) is 3.02. The lowest BCUT2D eigenvalue weighted by molar-refractivity contribution is -0.138. The number of hydrogen-bond acceptors (Lipinski definition) is 3. The maximum Gasteiger partial charge on any atom is 0.223 e. The fourth-order valence-corrected chi connectivity index (χ4v) is 1.79. The van der Waals surface area contributed by atoms with Gasteiger partial charge in [0.25, 0.3) is 0 Å². The zero-order valence-electron chi connectivity index (χ0n) is 8.45. The van der Waals surface area contributed by atoms with Crippen LogP contribution in [-0.2, 0) is 9.53 Å². The molecule has 1 aliphatic carbocycles. The third kappa shape index (κ3) is 2.45. The normalized spacial score (nSPS) is 27.8. The summed E-state index contributed by atoms with van der Waals surface area (Å²) < 4.78 is 5.41. The Morgan fingerprint density at radius 1 is 1.50 bits per heavy atom. The van der Waals surface area contributed by atoms with Gasteiger partial charge in [-0.25, -0.2) is 0 Å². The number of carbonyl (C=O) groups is 1. The van der Waals surface area contributed by atoms with E-state index in [0.717, 1.165) is 13.0 Å². The summed E-state index contributed by atoms with van der Waals surface area (Å²) >= 11 is 0. The molecule has 2 fully saturated rings. The maximum atomic E-state index is 11.7. The first kappa shape index (κ1) is 9.93. The minimum absolute atomic E-state index is 0.0481. The molecule has 2 rings (SSSR count). The molecule has 0 aromatic heterocycles. The Balaban J connectivity index is 1.79. The third-order valence-electron chi connectivity index (χ3n) is 2.91. The summed E-state index contributed by atoms with van der Waals surface area (Å²) in [7, 11) is 0. The van der Waals surface area contributed by atoms with Gasteiger partial charge in [-0.1, -0.05) is 0 Å². The third-order valence-corrected chi connectivity index (χ3v) is 2.91. The molecule has 1 saturated heterocycles. The van der Waals surface area contributed by atoms with E-state index in [1.807, 2.05) is 4.90 Å². The Kier molecular flexibility index (Phi) is 3.03. The highest BCUT2D eigenvalue weighted by Crippen LogP contribution is 2.33. The number of nitrogens with two attached hydrogens (primary N) is 1. The second-order valence-corrected chi connectivity index (χ2v) is 4.22. The largest absolute Gasteiger partial charge is 0.373 e. The Labute approximate surface area is 84.4 Å². The van der Waals surface area contributed by atoms with Gasteiger partial charge in [-0.3, -0.25) is 4.79 Å². The SMILES string of the molecule is NCC1CN(C(=O)CC2CC2)CCO1. The minimum atomic E-state index is 0.0481. The zero-order valence-corrected chi connectivity index (χ0v) is 8.45. The van der Waals surface area contributed by atoms with Crippen molar-refractivity contribution in [1.29, 1.82) is 0 Å². The van der Waals surface area contributed by atoms with E-state index < -0.39 is 0 Å². The molecule has 2 N–H and O–H groups in total. The number of rotatable bonds is 3. The molecule has 1 heterocycles. The number of morpholine rings is 1. The van der Waals surface area contributed by atoms with E-state index in [2.05, 4.69) is 0 Å². The molecule has 0 bridgehead atoms. The van der Waals surface area contributed by atoms with Crippen molar-refractivity contribution in [2.75, 3.05) is 26.2 Å². The second-order valence-electron chi connectivity index (χ2n) is 4.22. The molecule has 0 aromatic carbocycles. The Bertz CT molecular complexity index is 216. The Morgan fingerprint density at radius 2 is 2.29 bits per heavy atom. The van der Waals surface area contributed by atoms with E-state index >= 15 is 0 Å². The van der Waals surface area contributed by atoms with Gasteiger partial charge in [0.1, 0.15) is 0 Å². The van der Waals surface area contributed by atoms with E-state index in [0.29, 0.717) is 25.6 Å². The lowest BCUT2D eigenvalue weighted by atomic mass is 10.2. The fourth-order valence-electron chi connectivity index (χ4n) is 1.79. The monoisotopic (exact) mass is 198 g/mol. The first-order chi connectivity index (χ1) is 6.79. The highest BCUT2D eigenvalue weighted by molar-refractivity contribution is 5.76. The summed E-state index contributed by atoms with van der Waals surface area (Å²) in [5.41, 5.74) is 5.52. The smallest absolute Gasteiger partial charge is 0.223 e. The van der Waals surface area contributed by atoms with Crippen molar-refractivity contribution in [3.05, 3.63) is 0 Å². The topological polar surface area (TPSA) is 55.6 Å². The van der Waals surface area contributed by atoms with Gasteiger partial charge in [-0.2, -0.15) is 0 Å². The van der Waals surface area contributed by atoms with Crippen LogP contribution in [0.3, 0.4) is 0 Å². The molecular weight excluding hydrogens is 180 g/mol. The molecule has 1 unspecified atom stereocenters. The number of hydrogen-bond donors (Lipinski definition) is 1.